The number of rotatable bonds is 0. The van der Waals surface area contributed by atoms with E-state index in [1.54, 1.807) is 13.8 Å². The number of ether oxygens (including phenoxy) is 2. The fourth-order valence-corrected chi connectivity index (χ4v) is 1.61. The molecule has 5 nitrogen and oxygen atoms in total. The molecule has 5 heteroatoms. The van der Waals surface area contributed by atoms with Gasteiger partial charge in [-0.1, -0.05) is 0 Å². The average Bonchev–Trinajstić information content (AvgIpc) is 2.44. The van der Waals surface area contributed by atoms with E-state index in [1.807, 2.05) is 0 Å². The number of likely N-dealkylation sites (tertiary alicyclic amines) is 1. The molecule has 0 aromatic heterocycles. The molecule has 2 unspecified atom stereocenters. The van der Waals surface area contributed by atoms with Crippen LogP contribution >= 0.6 is 0 Å². The molecule has 2 saturated heterocycles. The summed E-state index contributed by atoms with van der Waals surface area (Å²) in [7, 11) is 1.43. The molecule has 2 aliphatic rings. The van der Waals surface area contributed by atoms with Crippen molar-refractivity contribution in [1.29, 1.82) is 0 Å². The molecule has 0 radical (unpaired) electrons. The largest absolute Gasteiger partial charge is 0.334 e. The number of imide groups is 1. The average molecular weight is 185 g/mol. The summed E-state index contributed by atoms with van der Waals surface area (Å²) < 4.78 is 10.6. The van der Waals surface area contributed by atoms with Crippen molar-refractivity contribution >= 4 is 11.8 Å². The maximum atomic E-state index is 11.4. The van der Waals surface area contributed by atoms with Crippen LogP contribution in [0, 0.1) is 0 Å². The fraction of sp³-hybridized carbons (Fsp3) is 0.750. The van der Waals surface area contributed by atoms with Gasteiger partial charge in [0.05, 0.1) is 0 Å². The molecule has 0 saturated carbocycles. The van der Waals surface area contributed by atoms with Gasteiger partial charge in [-0.2, -0.15) is 0 Å². The van der Waals surface area contributed by atoms with Crippen LogP contribution in [-0.4, -0.2) is 41.8 Å². The van der Waals surface area contributed by atoms with Crippen molar-refractivity contribution in [2.45, 2.75) is 31.8 Å². The van der Waals surface area contributed by atoms with Gasteiger partial charge in [-0.05, 0) is 13.8 Å². The maximum Gasteiger partial charge on any atom is 0.261 e. The number of nitrogens with zero attached hydrogens (tertiary/aromatic N) is 1. The first-order valence-corrected chi connectivity index (χ1v) is 4.09. The molecule has 13 heavy (non-hydrogen) atoms. The topological polar surface area (TPSA) is 55.8 Å². The minimum Gasteiger partial charge on any atom is -0.334 e. The lowest BCUT2D eigenvalue weighted by Gasteiger charge is -2.19. The van der Waals surface area contributed by atoms with E-state index in [-0.39, 0.29) is 11.8 Å². The third kappa shape index (κ3) is 1.08. The quantitative estimate of drug-likeness (QED) is 0.478. The highest BCUT2D eigenvalue weighted by Gasteiger charge is 2.56. The Kier molecular flexibility index (Phi) is 1.53. The van der Waals surface area contributed by atoms with Gasteiger partial charge in [0.25, 0.3) is 11.8 Å². The summed E-state index contributed by atoms with van der Waals surface area (Å²) in [4.78, 5) is 23.8. The summed E-state index contributed by atoms with van der Waals surface area (Å²) in [6.45, 7) is 3.37. The molecule has 2 aliphatic heterocycles. The van der Waals surface area contributed by atoms with Gasteiger partial charge >= 0.3 is 0 Å². The Morgan fingerprint density at radius 3 is 1.92 bits per heavy atom. The highest BCUT2D eigenvalue weighted by Crippen LogP contribution is 2.33. The van der Waals surface area contributed by atoms with Crippen LogP contribution in [-0.2, 0) is 19.1 Å². The van der Waals surface area contributed by atoms with E-state index in [1.165, 1.54) is 7.05 Å². The Morgan fingerprint density at radius 1 is 1.15 bits per heavy atom. The molecule has 0 bridgehead atoms. The number of fused-ring (bicyclic) bond motifs is 1. The molecule has 0 aliphatic carbocycles. The third-order valence-corrected chi connectivity index (χ3v) is 2.24. The fourth-order valence-electron chi connectivity index (χ4n) is 1.61. The summed E-state index contributed by atoms with van der Waals surface area (Å²) in [5, 5.41) is 0. The van der Waals surface area contributed by atoms with E-state index in [9.17, 15) is 9.59 Å². The van der Waals surface area contributed by atoms with E-state index >= 15 is 0 Å². The molecule has 0 aromatic carbocycles. The van der Waals surface area contributed by atoms with Crippen molar-refractivity contribution in [3.8, 4) is 0 Å². The number of amides is 2. The van der Waals surface area contributed by atoms with Gasteiger partial charge in [0, 0.05) is 7.05 Å². The minimum absolute atomic E-state index is 0.319. The standard InChI is InChI=1S/C8H11NO4/c1-8(2)12-4-5(13-8)7(11)9(3)6(4)10/h4-5H,1-3H3. The molecule has 2 amide bonds. The zero-order valence-electron chi connectivity index (χ0n) is 7.73. The lowest BCUT2D eigenvalue weighted by atomic mass is 10.2. The molecule has 0 spiro atoms. The van der Waals surface area contributed by atoms with Crippen LogP contribution in [0.3, 0.4) is 0 Å². The monoisotopic (exact) mass is 185 g/mol. The Bertz CT molecular complexity index is 260. The predicted molar refractivity (Wildman–Crippen MR) is 41.6 cm³/mol. The second-order valence-electron chi connectivity index (χ2n) is 3.71. The van der Waals surface area contributed by atoms with Crippen LogP contribution in [0.4, 0.5) is 0 Å². The zero-order valence-corrected chi connectivity index (χ0v) is 7.73. The van der Waals surface area contributed by atoms with Crippen molar-refractivity contribution in [3.05, 3.63) is 0 Å². The van der Waals surface area contributed by atoms with E-state index in [0.717, 1.165) is 4.90 Å². The second-order valence-corrected chi connectivity index (χ2v) is 3.71. The summed E-state index contributed by atoms with van der Waals surface area (Å²) >= 11 is 0. The SMILES string of the molecule is CN1C(=O)C2OC(C)(C)OC2C1=O. The first-order chi connectivity index (χ1) is 5.92. The molecule has 2 rings (SSSR count). The first-order valence-electron chi connectivity index (χ1n) is 4.09. The summed E-state index contributed by atoms with van der Waals surface area (Å²) in [6, 6.07) is 0. The second kappa shape index (κ2) is 2.30. The normalized spacial score (nSPS) is 37.0. The number of hydrogen-bond donors (Lipinski definition) is 0. The number of hydrogen-bond acceptors (Lipinski definition) is 4. The number of likely N-dealkylation sites (N-methyl/N-ethyl adjacent to an activating group) is 1. The zero-order chi connectivity index (χ0) is 9.80. The van der Waals surface area contributed by atoms with Gasteiger partial charge < -0.3 is 9.47 Å². The molecule has 72 valence electrons. The van der Waals surface area contributed by atoms with Gasteiger partial charge in [-0.3, -0.25) is 14.5 Å². The van der Waals surface area contributed by atoms with Gasteiger partial charge in [0.2, 0.25) is 0 Å². The lowest BCUT2D eigenvalue weighted by Crippen LogP contribution is -2.34. The molecule has 0 aromatic rings. The van der Waals surface area contributed by atoms with Crippen LogP contribution in [0.5, 0.6) is 0 Å². The Balaban J connectivity index is 2.29. The highest BCUT2D eigenvalue weighted by molar-refractivity contribution is 6.08. The number of carbonyl (C=O) groups is 2. The molecule has 2 heterocycles. The Hall–Kier alpha value is -0.940. The first kappa shape index (κ1) is 8.65. The molecule has 0 N–H and O–H groups in total. The molecule has 2 fully saturated rings. The molecular formula is C8H11NO4. The Morgan fingerprint density at radius 2 is 1.54 bits per heavy atom. The van der Waals surface area contributed by atoms with E-state index in [2.05, 4.69) is 0 Å². The number of carbonyl (C=O) groups excluding carboxylic acids is 2. The van der Waals surface area contributed by atoms with Crippen molar-refractivity contribution < 1.29 is 19.1 Å². The van der Waals surface area contributed by atoms with Crippen molar-refractivity contribution in [3.63, 3.8) is 0 Å². The van der Waals surface area contributed by atoms with Gasteiger partial charge in [-0.15, -0.1) is 0 Å². The third-order valence-electron chi connectivity index (χ3n) is 2.24. The highest BCUT2D eigenvalue weighted by atomic mass is 16.8. The van der Waals surface area contributed by atoms with Crippen molar-refractivity contribution in [2.24, 2.45) is 0 Å². The van der Waals surface area contributed by atoms with E-state index in [0.29, 0.717) is 0 Å². The van der Waals surface area contributed by atoms with E-state index in [4.69, 9.17) is 9.47 Å². The molecule has 2 atom stereocenters. The molecular weight excluding hydrogens is 174 g/mol. The van der Waals surface area contributed by atoms with Crippen molar-refractivity contribution in [2.75, 3.05) is 7.05 Å². The van der Waals surface area contributed by atoms with E-state index < -0.39 is 18.0 Å². The smallest absolute Gasteiger partial charge is 0.261 e. The summed E-state index contributed by atoms with van der Waals surface area (Å²) in [5.74, 6) is -1.47. The van der Waals surface area contributed by atoms with Gasteiger partial charge in [0.15, 0.2) is 18.0 Å². The van der Waals surface area contributed by atoms with Crippen LogP contribution in [0.1, 0.15) is 13.8 Å². The van der Waals surface area contributed by atoms with Gasteiger partial charge in [0.1, 0.15) is 0 Å². The summed E-state index contributed by atoms with van der Waals surface area (Å²) in [5.41, 5.74) is 0. The predicted octanol–water partition coefficient (Wildman–Crippen LogP) is -0.495. The van der Waals surface area contributed by atoms with Crippen molar-refractivity contribution in [1.82, 2.24) is 4.90 Å². The Labute approximate surface area is 75.6 Å². The lowest BCUT2D eigenvalue weighted by molar-refractivity contribution is -0.174. The van der Waals surface area contributed by atoms with Crippen LogP contribution in [0.25, 0.3) is 0 Å². The van der Waals surface area contributed by atoms with Crippen LogP contribution < -0.4 is 0 Å². The summed E-state index contributed by atoms with van der Waals surface area (Å²) in [6.07, 6.45) is -1.49. The van der Waals surface area contributed by atoms with Crippen LogP contribution in [0.2, 0.25) is 0 Å². The maximum absolute atomic E-state index is 11.4. The minimum atomic E-state index is -0.831. The van der Waals surface area contributed by atoms with Gasteiger partial charge in [-0.25, -0.2) is 0 Å². The van der Waals surface area contributed by atoms with Crippen LogP contribution in [0.15, 0.2) is 0 Å².